The van der Waals surface area contributed by atoms with E-state index in [2.05, 4.69) is 10.3 Å². The van der Waals surface area contributed by atoms with Crippen LogP contribution in [0.4, 0.5) is 4.20 Å². The van der Waals surface area contributed by atoms with Crippen LogP contribution in [-0.4, -0.2) is 41.6 Å². The number of carbonyl (C=O) groups is 3. The number of benzene rings is 2. The number of rotatable bonds is 9. The molecule has 0 saturated carbocycles. The van der Waals surface area contributed by atoms with Gasteiger partial charge in [0, 0.05) is 16.7 Å². The molecule has 4 aromatic rings. The molecular formula is C29H29FN2O6P2S. The second kappa shape index (κ2) is 13.0. The largest absolute Gasteiger partial charge is 0.488 e. The number of hydrogen-bond donors (Lipinski definition) is 1. The Morgan fingerprint density at radius 3 is 2.44 bits per heavy atom. The van der Waals surface area contributed by atoms with Crippen LogP contribution in [0.3, 0.4) is 0 Å². The lowest BCUT2D eigenvalue weighted by atomic mass is 10.0. The zero-order valence-electron chi connectivity index (χ0n) is 22.8. The van der Waals surface area contributed by atoms with Gasteiger partial charge in [0.2, 0.25) is 0 Å². The van der Waals surface area contributed by atoms with Gasteiger partial charge in [-0.05, 0) is 82.6 Å². The average molecular weight is 615 g/mol. The Morgan fingerprint density at radius 1 is 1.10 bits per heavy atom. The molecule has 0 radical (unpaired) electrons. The highest BCUT2D eigenvalue weighted by molar-refractivity contribution is 8.08. The van der Waals surface area contributed by atoms with E-state index < -0.39 is 32.0 Å². The number of halogens is 1. The maximum atomic E-state index is 13.6. The van der Waals surface area contributed by atoms with Crippen molar-refractivity contribution in [1.82, 2.24) is 10.3 Å². The van der Waals surface area contributed by atoms with Gasteiger partial charge in [-0.1, -0.05) is 24.3 Å². The fraction of sp³-hybridized carbons (Fsp3) is 0.241. The zero-order valence-corrected chi connectivity index (χ0v) is 25.7. The van der Waals surface area contributed by atoms with E-state index in [4.69, 9.17) is 14.0 Å². The maximum Gasteiger partial charge on any atom is 0.343 e. The van der Waals surface area contributed by atoms with Crippen LogP contribution in [0.1, 0.15) is 47.2 Å². The van der Waals surface area contributed by atoms with Crippen LogP contribution in [-0.2, 0) is 20.5 Å². The number of thiophene rings is 1. The number of aromatic nitrogens is 1. The van der Waals surface area contributed by atoms with E-state index in [1.807, 2.05) is 53.3 Å². The smallest absolute Gasteiger partial charge is 0.343 e. The van der Waals surface area contributed by atoms with E-state index in [-0.39, 0.29) is 23.3 Å². The third-order valence-electron chi connectivity index (χ3n) is 5.82. The normalized spacial score (nSPS) is 12.8. The molecule has 4 rings (SSSR count). The monoisotopic (exact) mass is 614 g/mol. The van der Waals surface area contributed by atoms with Gasteiger partial charge in [0.25, 0.3) is 14.1 Å². The third kappa shape index (κ3) is 8.07. The van der Waals surface area contributed by atoms with Gasteiger partial charge in [-0.25, -0.2) is 14.6 Å². The summed E-state index contributed by atoms with van der Waals surface area (Å²) in [6, 6.07) is 16.5. The van der Waals surface area contributed by atoms with Gasteiger partial charge < -0.3 is 19.3 Å². The first-order valence-corrected chi connectivity index (χ1v) is 16.2. The molecule has 0 bridgehead atoms. The van der Waals surface area contributed by atoms with Gasteiger partial charge in [0.05, 0.1) is 18.2 Å². The van der Waals surface area contributed by atoms with Crippen LogP contribution in [0.5, 0.6) is 5.75 Å². The quantitative estimate of drug-likeness (QED) is 0.162. The van der Waals surface area contributed by atoms with Crippen molar-refractivity contribution in [3.8, 4) is 16.2 Å². The van der Waals surface area contributed by atoms with E-state index in [0.717, 1.165) is 16.0 Å². The van der Waals surface area contributed by atoms with Crippen molar-refractivity contribution >= 4 is 57.2 Å². The maximum absolute atomic E-state index is 13.6. The van der Waals surface area contributed by atoms with Crippen LogP contribution in [0.25, 0.3) is 21.3 Å². The molecule has 2 aromatic carbocycles. The minimum Gasteiger partial charge on any atom is -0.488 e. The molecule has 0 spiro atoms. The van der Waals surface area contributed by atoms with Crippen molar-refractivity contribution in [1.29, 1.82) is 0 Å². The van der Waals surface area contributed by atoms with Crippen molar-refractivity contribution in [3.05, 3.63) is 82.9 Å². The highest BCUT2D eigenvalue weighted by Crippen LogP contribution is 2.48. The van der Waals surface area contributed by atoms with Crippen LogP contribution in [0, 0.1) is 0 Å². The lowest BCUT2D eigenvalue weighted by Gasteiger charge is -2.21. The molecule has 0 aliphatic carbocycles. The fourth-order valence-corrected chi connectivity index (χ4v) is 5.35. The summed E-state index contributed by atoms with van der Waals surface area (Å²) in [5.41, 5.74) is 1.41. The summed E-state index contributed by atoms with van der Waals surface area (Å²) in [5.74, 6) is -1.62. The van der Waals surface area contributed by atoms with Crippen molar-refractivity contribution in [2.24, 2.45) is 0 Å². The fourth-order valence-electron chi connectivity index (χ4n) is 4.09. The topological polar surface area (TPSA) is 104 Å². The zero-order chi connectivity index (χ0) is 29.7. The lowest BCUT2D eigenvalue weighted by molar-refractivity contribution is -0.142. The molecule has 0 aliphatic rings. The molecule has 41 heavy (non-hydrogen) atoms. The van der Waals surface area contributed by atoms with Crippen molar-refractivity contribution < 1.29 is 32.6 Å². The summed E-state index contributed by atoms with van der Waals surface area (Å²) in [4.78, 5) is 44.2. The van der Waals surface area contributed by atoms with Crippen LogP contribution < -0.4 is 10.1 Å². The molecule has 0 aliphatic heterocycles. The predicted octanol–water partition coefficient (Wildman–Crippen LogP) is 6.88. The Balaban J connectivity index is 1.64. The number of nitrogens with one attached hydrogen (secondary N) is 1. The molecule has 12 heteroatoms. The average Bonchev–Trinajstić information content (AvgIpc) is 3.46. The SMILES string of the molecule is COC(=O)[C@H](Cc1ccc(OC(C)(C)C)cc1)NC(=O)c1cc(C(=O)OP(F)P)c2cc(-c3cccs3)ccc2n1. The molecule has 3 atom stereocenters. The standard InChI is InChI=1S/C29H29FN2O6P2S/c1-29(2,3)37-19-10-7-17(8-11-19)14-24(28(35)36-4)32-26(33)23-16-21(27(34)38-40(30)39)20-15-18(9-12-22(20)31-23)25-6-5-13-41-25/h5-13,15-16,24H,14,39H2,1-4H3,(H,32,33)/t24-,40?/m0/s1. The molecule has 2 unspecified atom stereocenters. The Morgan fingerprint density at radius 2 is 1.83 bits per heavy atom. The minimum absolute atomic E-state index is 0.0183. The lowest BCUT2D eigenvalue weighted by Crippen LogP contribution is -2.43. The number of hydrogen-bond acceptors (Lipinski definition) is 8. The van der Waals surface area contributed by atoms with E-state index in [0.29, 0.717) is 16.7 Å². The van der Waals surface area contributed by atoms with Gasteiger partial charge in [0.1, 0.15) is 23.1 Å². The van der Waals surface area contributed by atoms with E-state index in [1.165, 1.54) is 24.5 Å². The molecule has 8 nitrogen and oxygen atoms in total. The van der Waals surface area contributed by atoms with Gasteiger partial charge in [0.15, 0.2) is 0 Å². The predicted molar refractivity (Wildman–Crippen MR) is 162 cm³/mol. The molecule has 2 heterocycles. The van der Waals surface area contributed by atoms with Crippen LogP contribution in [0.15, 0.2) is 66.0 Å². The van der Waals surface area contributed by atoms with E-state index >= 15 is 0 Å². The first-order valence-electron chi connectivity index (χ1n) is 12.5. The number of ether oxygens (including phenoxy) is 2. The number of fused-ring (bicyclic) bond motifs is 1. The Bertz CT molecular complexity index is 1560. The molecule has 1 amide bonds. The Hall–Kier alpha value is -3.45. The molecule has 2 aromatic heterocycles. The Labute approximate surface area is 244 Å². The van der Waals surface area contributed by atoms with Crippen molar-refractivity contribution in [3.63, 3.8) is 0 Å². The summed E-state index contributed by atoms with van der Waals surface area (Å²) in [6.45, 7) is 5.82. The second-order valence-corrected chi connectivity index (χ2v) is 12.9. The number of methoxy groups -OCH3 is 1. The Kier molecular flexibility index (Phi) is 9.69. The summed E-state index contributed by atoms with van der Waals surface area (Å²) >= 11 is 1.52. The number of carbonyl (C=O) groups excluding carboxylic acids is 3. The van der Waals surface area contributed by atoms with E-state index in [9.17, 15) is 18.6 Å². The minimum atomic E-state index is -2.57. The van der Waals surface area contributed by atoms with Gasteiger partial charge in [-0.3, -0.25) is 4.79 Å². The molecule has 0 saturated heterocycles. The highest BCUT2D eigenvalue weighted by Gasteiger charge is 2.26. The van der Waals surface area contributed by atoms with Gasteiger partial charge >= 0.3 is 11.9 Å². The molecule has 0 fully saturated rings. The summed E-state index contributed by atoms with van der Waals surface area (Å²) in [6.07, 6.45) is 0.139. The number of esters is 1. The molecular weight excluding hydrogens is 585 g/mol. The van der Waals surface area contributed by atoms with Crippen LogP contribution in [0.2, 0.25) is 0 Å². The number of amides is 1. The number of nitrogens with zero attached hydrogens (tertiary/aromatic N) is 1. The first-order chi connectivity index (χ1) is 19.4. The third-order valence-corrected chi connectivity index (χ3v) is 7.39. The van der Waals surface area contributed by atoms with Gasteiger partial charge in [-0.15, -0.1) is 11.3 Å². The molecule has 214 valence electrons. The number of pyridine rings is 1. The summed E-state index contributed by atoms with van der Waals surface area (Å²) < 4.78 is 29.3. The molecule has 1 N–H and O–H groups in total. The van der Waals surface area contributed by atoms with Gasteiger partial charge in [-0.2, -0.15) is 4.20 Å². The summed E-state index contributed by atoms with van der Waals surface area (Å²) in [7, 11) is 0.472. The second-order valence-electron chi connectivity index (χ2n) is 10.0. The first kappa shape index (κ1) is 30.5. The van der Waals surface area contributed by atoms with Crippen molar-refractivity contribution in [2.45, 2.75) is 38.8 Å². The van der Waals surface area contributed by atoms with Crippen molar-refractivity contribution in [2.75, 3.05) is 7.11 Å². The van der Waals surface area contributed by atoms with Crippen LogP contribution >= 0.6 is 28.4 Å². The highest BCUT2D eigenvalue weighted by atomic mass is 32.1. The van der Waals surface area contributed by atoms with E-state index in [1.54, 1.807) is 36.4 Å². The summed E-state index contributed by atoms with van der Waals surface area (Å²) in [5, 5.41) is 4.99.